The van der Waals surface area contributed by atoms with Gasteiger partial charge >= 0.3 is 0 Å². The van der Waals surface area contributed by atoms with Gasteiger partial charge in [-0.2, -0.15) is 0 Å². The Morgan fingerprint density at radius 2 is 0.978 bits per heavy atom. The maximum Gasteiger partial charge on any atom is 0.143 e. The molecule has 2 nitrogen and oxygen atoms in total. The molecule has 0 bridgehead atoms. The van der Waals surface area contributed by atoms with Gasteiger partial charge in [-0.05, 0) is 96.2 Å². The molecule has 212 valence electrons. The number of benzene rings is 9. The van der Waals surface area contributed by atoms with Crippen LogP contribution in [0.4, 0.5) is 0 Å². The van der Waals surface area contributed by atoms with Crippen LogP contribution in [0.5, 0.6) is 0 Å². The van der Waals surface area contributed by atoms with Gasteiger partial charge in [0, 0.05) is 27.1 Å². The van der Waals surface area contributed by atoms with Crippen LogP contribution in [0.15, 0.2) is 154 Å². The summed E-state index contributed by atoms with van der Waals surface area (Å²) in [5.74, 6) is 0. The summed E-state index contributed by atoms with van der Waals surface area (Å²) >= 11 is 0. The molecule has 0 atom stereocenters. The Morgan fingerprint density at radius 1 is 0.304 bits per heavy atom. The van der Waals surface area contributed by atoms with Gasteiger partial charge in [0.1, 0.15) is 22.3 Å². The number of hydrogen-bond donors (Lipinski definition) is 0. The van der Waals surface area contributed by atoms with Crippen LogP contribution in [0.1, 0.15) is 0 Å². The standard InChI is InChI=1S/C44H24O2/c1-2-7-29-24-40-37(22-28(29)6-1)43-35(32-17-14-27-13-12-25-8-5-9-26-15-18-34(32)42(27)41(25)26)20-19-31(44(43)46-40)30-16-21-39-36(23-30)33-10-3-4-11-38(33)45-39/h1-24H. The zero-order valence-corrected chi connectivity index (χ0v) is 24.7. The molecule has 0 spiro atoms. The Morgan fingerprint density at radius 3 is 1.87 bits per heavy atom. The topological polar surface area (TPSA) is 26.3 Å². The lowest BCUT2D eigenvalue weighted by Crippen LogP contribution is -1.89. The molecule has 9 aromatic carbocycles. The van der Waals surface area contributed by atoms with Gasteiger partial charge in [-0.1, -0.05) is 109 Å². The van der Waals surface area contributed by atoms with E-state index in [2.05, 4.69) is 133 Å². The van der Waals surface area contributed by atoms with Crippen molar-refractivity contribution in [3.8, 4) is 22.3 Å². The molecule has 2 heterocycles. The van der Waals surface area contributed by atoms with E-state index in [0.29, 0.717) is 0 Å². The Balaban J connectivity index is 1.26. The van der Waals surface area contributed by atoms with Crippen molar-refractivity contribution in [2.45, 2.75) is 0 Å². The minimum atomic E-state index is 0.891. The number of para-hydroxylation sites is 1. The molecular weight excluding hydrogens is 560 g/mol. The molecule has 0 saturated carbocycles. The fourth-order valence-electron chi connectivity index (χ4n) is 7.88. The highest BCUT2D eigenvalue weighted by molar-refractivity contribution is 6.28. The molecule has 0 aliphatic rings. The van der Waals surface area contributed by atoms with Crippen LogP contribution in [0.25, 0.3) is 109 Å². The zero-order chi connectivity index (χ0) is 29.9. The van der Waals surface area contributed by atoms with E-state index < -0.39 is 0 Å². The van der Waals surface area contributed by atoms with Gasteiger partial charge in [0.2, 0.25) is 0 Å². The van der Waals surface area contributed by atoms with Gasteiger partial charge in [-0.15, -0.1) is 0 Å². The van der Waals surface area contributed by atoms with Gasteiger partial charge in [-0.3, -0.25) is 0 Å². The number of rotatable bonds is 2. The van der Waals surface area contributed by atoms with Crippen LogP contribution in [0.3, 0.4) is 0 Å². The molecule has 0 aliphatic heterocycles. The Bertz CT molecular complexity index is 3010. The molecule has 46 heavy (non-hydrogen) atoms. The molecule has 0 N–H and O–H groups in total. The predicted molar refractivity (Wildman–Crippen MR) is 193 cm³/mol. The quantitative estimate of drug-likeness (QED) is 0.189. The van der Waals surface area contributed by atoms with E-state index in [0.717, 1.165) is 55.0 Å². The van der Waals surface area contributed by atoms with Crippen molar-refractivity contribution >= 4 is 87.0 Å². The van der Waals surface area contributed by atoms with E-state index >= 15 is 0 Å². The molecule has 0 amide bonds. The van der Waals surface area contributed by atoms with Crippen LogP contribution in [-0.4, -0.2) is 0 Å². The first kappa shape index (κ1) is 24.2. The summed E-state index contributed by atoms with van der Waals surface area (Å²) in [6, 6.07) is 52.5. The fraction of sp³-hybridized carbons (Fsp3) is 0. The van der Waals surface area contributed by atoms with E-state index in [9.17, 15) is 0 Å². The Kier molecular flexibility index (Phi) is 4.61. The minimum absolute atomic E-state index is 0.891. The maximum absolute atomic E-state index is 6.89. The van der Waals surface area contributed by atoms with Crippen molar-refractivity contribution in [2.24, 2.45) is 0 Å². The first-order chi connectivity index (χ1) is 22.8. The van der Waals surface area contributed by atoms with Crippen LogP contribution >= 0.6 is 0 Å². The molecule has 0 unspecified atom stereocenters. The van der Waals surface area contributed by atoms with Crippen molar-refractivity contribution in [3.05, 3.63) is 146 Å². The SMILES string of the molecule is c1ccc2cc3c(cc2c1)oc1c(-c2ccc4oc5ccccc5c4c2)ccc(-c2ccc4ccc5cccc6ccc2c4c56)c13. The van der Waals surface area contributed by atoms with Gasteiger partial charge in [0.15, 0.2) is 0 Å². The van der Waals surface area contributed by atoms with Crippen molar-refractivity contribution in [2.75, 3.05) is 0 Å². The van der Waals surface area contributed by atoms with Gasteiger partial charge < -0.3 is 8.83 Å². The second kappa shape index (κ2) is 8.74. The first-order valence-electron chi connectivity index (χ1n) is 15.8. The smallest absolute Gasteiger partial charge is 0.143 e. The molecule has 2 aromatic heterocycles. The Hall–Kier alpha value is -6.12. The molecule has 0 saturated heterocycles. The molecular formula is C44H24O2. The minimum Gasteiger partial charge on any atom is -0.456 e. The molecule has 0 fully saturated rings. The van der Waals surface area contributed by atoms with Crippen molar-refractivity contribution < 1.29 is 8.83 Å². The number of hydrogen-bond acceptors (Lipinski definition) is 2. The van der Waals surface area contributed by atoms with Crippen LogP contribution in [-0.2, 0) is 0 Å². The van der Waals surface area contributed by atoms with E-state index in [1.807, 2.05) is 12.1 Å². The highest BCUT2D eigenvalue weighted by Crippen LogP contribution is 2.46. The highest BCUT2D eigenvalue weighted by atomic mass is 16.3. The van der Waals surface area contributed by atoms with E-state index in [1.165, 1.54) is 54.2 Å². The molecule has 2 heteroatoms. The summed E-state index contributed by atoms with van der Waals surface area (Å²) in [6.45, 7) is 0. The van der Waals surface area contributed by atoms with Crippen LogP contribution in [0.2, 0.25) is 0 Å². The van der Waals surface area contributed by atoms with Crippen LogP contribution in [0, 0.1) is 0 Å². The van der Waals surface area contributed by atoms with Gasteiger partial charge in [-0.25, -0.2) is 0 Å². The maximum atomic E-state index is 6.89. The van der Waals surface area contributed by atoms with E-state index in [1.54, 1.807) is 0 Å². The van der Waals surface area contributed by atoms with Crippen molar-refractivity contribution in [1.29, 1.82) is 0 Å². The van der Waals surface area contributed by atoms with Crippen molar-refractivity contribution in [3.63, 3.8) is 0 Å². The third-order valence-electron chi connectivity index (χ3n) is 9.99. The average Bonchev–Trinajstić information content (AvgIpc) is 3.67. The number of fused-ring (bicyclic) bond motifs is 7. The van der Waals surface area contributed by atoms with E-state index in [4.69, 9.17) is 8.83 Å². The zero-order valence-electron chi connectivity index (χ0n) is 24.7. The summed E-state index contributed by atoms with van der Waals surface area (Å²) in [4.78, 5) is 0. The lowest BCUT2D eigenvalue weighted by Gasteiger charge is -2.15. The molecule has 11 aromatic rings. The normalized spacial score (nSPS) is 12.3. The lowest BCUT2D eigenvalue weighted by molar-refractivity contribution is 0.668. The monoisotopic (exact) mass is 584 g/mol. The highest BCUT2D eigenvalue weighted by Gasteiger charge is 2.21. The van der Waals surface area contributed by atoms with Crippen LogP contribution < -0.4 is 0 Å². The second-order valence-corrected chi connectivity index (χ2v) is 12.4. The summed E-state index contributed by atoms with van der Waals surface area (Å²) in [5, 5.41) is 14.6. The Labute approximate surface area is 263 Å². The predicted octanol–water partition coefficient (Wildman–Crippen LogP) is 12.9. The van der Waals surface area contributed by atoms with E-state index in [-0.39, 0.29) is 0 Å². The fourth-order valence-corrected chi connectivity index (χ4v) is 7.88. The summed E-state index contributed by atoms with van der Waals surface area (Å²) in [7, 11) is 0. The summed E-state index contributed by atoms with van der Waals surface area (Å²) in [5.41, 5.74) is 8.17. The first-order valence-corrected chi connectivity index (χ1v) is 15.8. The third kappa shape index (κ3) is 3.20. The molecule has 11 rings (SSSR count). The number of furan rings is 2. The van der Waals surface area contributed by atoms with Crippen molar-refractivity contribution in [1.82, 2.24) is 0 Å². The summed E-state index contributed by atoms with van der Waals surface area (Å²) in [6.07, 6.45) is 0. The summed E-state index contributed by atoms with van der Waals surface area (Å²) < 4.78 is 13.1. The largest absolute Gasteiger partial charge is 0.456 e. The lowest BCUT2D eigenvalue weighted by atomic mass is 9.87. The van der Waals surface area contributed by atoms with Gasteiger partial charge in [0.25, 0.3) is 0 Å². The third-order valence-corrected chi connectivity index (χ3v) is 9.99. The second-order valence-electron chi connectivity index (χ2n) is 12.4. The van der Waals surface area contributed by atoms with Gasteiger partial charge in [0.05, 0.1) is 0 Å². The average molecular weight is 585 g/mol. The molecule has 0 radical (unpaired) electrons. The molecule has 0 aliphatic carbocycles.